The quantitative estimate of drug-likeness (QED) is 0.864. The predicted octanol–water partition coefficient (Wildman–Crippen LogP) is 1.42. The summed E-state index contributed by atoms with van der Waals surface area (Å²) in [4.78, 5) is 14.0. The van der Waals surface area contributed by atoms with Crippen molar-refractivity contribution < 1.29 is 4.79 Å². The van der Waals surface area contributed by atoms with E-state index in [1.807, 2.05) is 24.3 Å². The Kier molecular flexibility index (Phi) is 5.83. The van der Waals surface area contributed by atoms with E-state index in [1.54, 1.807) is 0 Å². The van der Waals surface area contributed by atoms with E-state index in [9.17, 15) is 4.79 Å². The molecule has 0 radical (unpaired) electrons. The monoisotopic (exact) mass is 295 g/mol. The lowest BCUT2D eigenvalue weighted by Crippen LogP contribution is -2.47. The van der Waals surface area contributed by atoms with Crippen LogP contribution in [0.15, 0.2) is 24.3 Å². The Labute approximate surface area is 125 Å². The van der Waals surface area contributed by atoms with E-state index < -0.39 is 0 Å². The first-order valence-electron chi connectivity index (χ1n) is 7.12. The first-order chi connectivity index (χ1) is 9.63. The van der Waals surface area contributed by atoms with Gasteiger partial charge >= 0.3 is 0 Å². The predicted molar refractivity (Wildman–Crippen MR) is 81.8 cm³/mol. The van der Waals surface area contributed by atoms with E-state index in [0.29, 0.717) is 13.1 Å². The molecule has 1 aliphatic heterocycles. The standard InChI is InChI=1S/C15H22ClN3O/c16-13-4-1-3-12(9-13)6-7-18-15(20)11-19-8-2-5-14(17)10-19/h1,3-4,9,14H,2,5-8,10-11,17H2,(H,18,20). The van der Waals surface area contributed by atoms with Crippen molar-refractivity contribution in [2.45, 2.75) is 25.3 Å². The molecule has 0 aliphatic carbocycles. The fourth-order valence-electron chi connectivity index (χ4n) is 2.53. The summed E-state index contributed by atoms with van der Waals surface area (Å²) in [6.45, 7) is 2.87. The number of nitrogens with one attached hydrogen (secondary N) is 1. The fourth-order valence-corrected chi connectivity index (χ4v) is 2.75. The number of carbonyl (C=O) groups is 1. The van der Waals surface area contributed by atoms with Crippen molar-refractivity contribution in [3.63, 3.8) is 0 Å². The number of nitrogens with zero attached hydrogens (tertiary/aromatic N) is 1. The minimum atomic E-state index is 0.0705. The van der Waals surface area contributed by atoms with Gasteiger partial charge in [0, 0.05) is 24.2 Å². The zero-order valence-corrected chi connectivity index (χ0v) is 12.4. The minimum Gasteiger partial charge on any atom is -0.355 e. The topological polar surface area (TPSA) is 58.4 Å². The average molecular weight is 296 g/mol. The normalized spacial score (nSPS) is 19.8. The minimum absolute atomic E-state index is 0.0705. The van der Waals surface area contributed by atoms with E-state index >= 15 is 0 Å². The Morgan fingerprint density at radius 3 is 3.10 bits per heavy atom. The highest BCUT2D eigenvalue weighted by atomic mass is 35.5. The molecular weight excluding hydrogens is 274 g/mol. The van der Waals surface area contributed by atoms with Gasteiger partial charge in [-0.15, -0.1) is 0 Å². The van der Waals surface area contributed by atoms with Crippen LogP contribution in [0, 0.1) is 0 Å². The molecule has 20 heavy (non-hydrogen) atoms. The molecule has 1 aromatic rings. The molecule has 4 nitrogen and oxygen atoms in total. The van der Waals surface area contributed by atoms with Crippen LogP contribution in [0.2, 0.25) is 5.02 Å². The largest absolute Gasteiger partial charge is 0.355 e. The summed E-state index contributed by atoms with van der Waals surface area (Å²) in [6, 6.07) is 7.93. The maximum Gasteiger partial charge on any atom is 0.234 e. The van der Waals surface area contributed by atoms with E-state index in [0.717, 1.165) is 42.9 Å². The Morgan fingerprint density at radius 1 is 1.50 bits per heavy atom. The lowest BCUT2D eigenvalue weighted by Gasteiger charge is -2.29. The molecule has 1 aromatic carbocycles. The molecule has 0 bridgehead atoms. The molecule has 1 saturated heterocycles. The summed E-state index contributed by atoms with van der Waals surface area (Å²) in [6.07, 6.45) is 2.94. The molecule has 1 amide bonds. The first-order valence-corrected chi connectivity index (χ1v) is 7.50. The van der Waals surface area contributed by atoms with Gasteiger partial charge in [-0.25, -0.2) is 0 Å². The zero-order valence-electron chi connectivity index (χ0n) is 11.6. The van der Waals surface area contributed by atoms with Gasteiger partial charge in [-0.3, -0.25) is 9.69 Å². The van der Waals surface area contributed by atoms with Crippen LogP contribution in [-0.4, -0.2) is 43.0 Å². The summed E-state index contributed by atoms with van der Waals surface area (Å²) in [5.74, 6) is 0.0705. The third kappa shape index (κ3) is 5.12. The summed E-state index contributed by atoms with van der Waals surface area (Å²) in [5, 5.41) is 3.68. The van der Waals surface area contributed by atoms with E-state index in [4.69, 9.17) is 17.3 Å². The Hall–Kier alpha value is -1.10. The van der Waals surface area contributed by atoms with Crippen LogP contribution in [0.5, 0.6) is 0 Å². The summed E-state index contributed by atoms with van der Waals surface area (Å²) in [7, 11) is 0. The van der Waals surface area contributed by atoms with Gasteiger partial charge in [0.1, 0.15) is 0 Å². The van der Waals surface area contributed by atoms with Crippen molar-refractivity contribution in [3.05, 3.63) is 34.9 Å². The third-order valence-corrected chi connectivity index (χ3v) is 3.77. The molecule has 110 valence electrons. The van der Waals surface area contributed by atoms with Gasteiger partial charge < -0.3 is 11.1 Å². The highest BCUT2D eigenvalue weighted by Crippen LogP contribution is 2.10. The molecule has 1 aliphatic rings. The second kappa shape index (κ2) is 7.62. The van der Waals surface area contributed by atoms with Gasteiger partial charge in [-0.2, -0.15) is 0 Å². The number of hydrogen-bond donors (Lipinski definition) is 2. The van der Waals surface area contributed by atoms with Crippen LogP contribution < -0.4 is 11.1 Å². The fraction of sp³-hybridized carbons (Fsp3) is 0.533. The number of nitrogens with two attached hydrogens (primary N) is 1. The molecular formula is C15H22ClN3O. The third-order valence-electron chi connectivity index (χ3n) is 3.53. The van der Waals surface area contributed by atoms with Crippen LogP contribution in [0.3, 0.4) is 0 Å². The van der Waals surface area contributed by atoms with Crippen LogP contribution in [0.4, 0.5) is 0 Å². The molecule has 1 unspecified atom stereocenters. The van der Waals surface area contributed by atoms with Gasteiger partial charge in [-0.05, 0) is 43.5 Å². The molecule has 3 N–H and O–H groups in total. The zero-order chi connectivity index (χ0) is 14.4. The van der Waals surface area contributed by atoms with Gasteiger partial charge in [0.2, 0.25) is 5.91 Å². The van der Waals surface area contributed by atoms with Crippen molar-refractivity contribution in [1.82, 2.24) is 10.2 Å². The van der Waals surface area contributed by atoms with Gasteiger partial charge in [0.25, 0.3) is 0 Å². The van der Waals surface area contributed by atoms with Crippen LogP contribution in [-0.2, 0) is 11.2 Å². The van der Waals surface area contributed by atoms with Crippen molar-refractivity contribution >= 4 is 17.5 Å². The van der Waals surface area contributed by atoms with Crippen LogP contribution >= 0.6 is 11.6 Å². The lowest BCUT2D eigenvalue weighted by molar-refractivity contribution is -0.122. The second-order valence-electron chi connectivity index (χ2n) is 5.37. The Morgan fingerprint density at radius 2 is 2.35 bits per heavy atom. The van der Waals surface area contributed by atoms with Gasteiger partial charge in [0.05, 0.1) is 6.54 Å². The number of hydrogen-bond acceptors (Lipinski definition) is 3. The highest BCUT2D eigenvalue weighted by molar-refractivity contribution is 6.30. The van der Waals surface area contributed by atoms with Gasteiger partial charge in [-0.1, -0.05) is 23.7 Å². The number of halogens is 1. The second-order valence-corrected chi connectivity index (χ2v) is 5.80. The maximum absolute atomic E-state index is 11.9. The summed E-state index contributed by atoms with van der Waals surface area (Å²) < 4.78 is 0. The smallest absolute Gasteiger partial charge is 0.234 e. The number of rotatable bonds is 5. The molecule has 0 spiro atoms. The maximum atomic E-state index is 11.9. The SMILES string of the molecule is NC1CCCN(CC(=O)NCCc2cccc(Cl)c2)C1. The van der Waals surface area contributed by atoms with Crippen molar-refractivity contribution in [2.24, 2.45) is 5.73 Å². The summed E-state index contributed by atoms with van der Waals surface area (Å²) in [5.41, 5.74) is 7.04. The van der Waals surface area contributed by atoms with Gasteiger partial charge in [0.15, 0.2) is 0 Å². The molecule has 1 fully saturated rings. The molecule has 2 rings (SSSR count). The number of carbonyl (C=O) groups excluding carboxylic acids is 1. The number of amides is 1. The Balaban J connectivity index is 1.67. The highest BCUT2D eigenvalue weighted by Gasteiger charge is 2.18. The summed E-state index contributed by atoms with van der Waals surface area (Å²) >= 11 is 5.92. The van der Waals surface area contributed by atoms with Crippen LogP contribution in [0.1, 0.15) is 18.4 Å². The molecule has 0 saturated carbocycles. The van der Waals surface area contributed by atoms with Crippen LogP contribution in [0.25, 0.3) is 0 Å². The number of likely N-dealkylation sites (tertiary alicyclic amines) is 1. The lowest BCUT2D eigenvalue weighted by atomic mass is 10.1. The van der Waals surface area contributed by atoms with E-state index in [-0.39, 0.29) is 11.9 Å². The van der Waals surface area contributed by atoms with E-state index in [2.05, 4.69) is 10.2 Å². The first kappa shape index (κ1) is 15.3. The van der Waals surface area contributed by atoms with Crippen molar-refractivity contribution in [2.75, 3.05) is 26.2 Å². The Bertz CT molecular complexity index is 452. The average Bonchev–Trinajstić information content (AvgIpc) is 2.38. The number of benzene rings is 1. The molecule has 0 aromatic heterocycles. The van der Waals surface area contributed by atoms with Crippen molar-refractivity contribution in [3.8, 4) is 0 Å². The van der Waals surface area contributed by atoms with Crippen molar-refractivity contribution in [1.29, 1.82) is 0 Å². The molecule has 1 heterocycles. The molecule has 5 heteroatoms. The van der Waals surface area contributed by atoms with E-state index in [1.165, 1.54) is 0 Å². The number of piperidine rings is 1. The molecule has 1 atom stereocenters.